The summed E-state index contributed by atoms with van der Waals surface area (Å²) < 4.78 is 0. The first kappa shape index (κ1) is 18.1. The number of likely N-dealkylation sites (N-methyl/N-ethyl adjacent to an activating group) is 1. The summed E-state index contributed by atoms with van der Waals surface area (Å²) in [5.41, 5.74) is 1.87. The molecule has 0 radical (unpaired) electrons. The third kappa shape index (κ3) is 4.41. The Morgan fingerprint density at radius 1 is 1.12 bits per heavy atom. The van der Waals surface area contributed by atoms with E-state index in [9.17, 15) is 19.7 Å². The zero-order valence-electron chi connectivity index (χ0n) is 14.3. The standard InChI is InChI=1S/C18H19N3O4/c1-12-15(5-4-6-16(12)21(24)25)18(23)19-14-9-7-13(8-10-14)11-17(22)20(2)3/h4-10H,11H2,1-3H3,(H,19,23). The Morgan fingerprint density at radius 2 is 1.76 bits per heavy atom. The minimum Gasteiger partial charge on any atom is -0.349 e. The first-order valence-electron chi connectivity index (χ1n) is 7.64. The van der Waals surface area contributed by atoms with Crippen LogP contribution < -0.4 is 5.32 Å². The summed E-state index contributed by atoms with van der Waals surface area (Å²) in [5.74, 6) is -0.428. The van der Waals surface area contributed by atoms with Crippen LogP contribution in [0.25, 0.3) is 0 Å². The molecule has 2 aromatic rings. The van der Waals surface area contributed by atoms with E-state index in [0.717, 1.165) is 5.56 Å². The molecule has 0 aliphatic heterocycles. The molecule has 25 heavy (non-hydrogen) atoms. The van der Waals surface area contributed by atoms with Crippen LogP contribution in [0, 0.1) is 17.0 Å². The number of anilines is 1. The average Bonchev–Trinajstić information content (AvgIpc) is 2.56. The summed E-state index contributed by atoms with van der Waals surface area (Å²) in [4.78, 5) is 36.0. The average molecular weight is 341 g/mol. The zero-order chi connectivity index (χ0) is 18.6. The van der Waals surface area contributed by atoms with Crippen molar-refractivity contribution in [2.75, 3.05) is 19.4 Å². The number of benzene rings is 2. The van der Waals surface area contributed by atoms with Gasteiger partial charge in [0.2, 0.25) is 5.91 Å². The number of nitrogens with one attached hydrogen (secondary N) is 1. The van der Waals surface area contributed by atoms with Crippen LogP contribution in [-0.4, -0.2) is 35.7 Å². The van der Waals surface area contributed by atoms with Gasteiger partial charge >= 0.3 is 0 Å². The molecule has 2 amide bonds. The molecule has 0 spiro atoms. The van der Waals surface area contributed by atoms with Gasteiger partial charge in [0.1, 0.15) is 0 Å². The fraction of sp³-hybridized carbons (Fsp3) is 0.222. The summed E-state index contributed by atoms with van der Waals surface area (Å²) in [5, 5.41) is 13.7. The van der Waals surface area contributed by atoms with Gasteiger partial charge < -0.3 is 10.2 Å². The van der Waals surface area contributed by atoms with Crippen molar-refractivity contribution in [2.24, 2.45) is 0 Å². The predicted molar refractivity (Wildman–Crippen MR) is 94.6 cm³/mol. The molecule has 0 heterocycles. The molecule has 130 valence electrons. The number of nitro benzene ring substituents is 1. The van der Waals surface area contributed by atoms with Crippen LogP contribution in [0.3, 0.4) is 0 Å². The van der Waals surface area contributed by atoms with E-state index >= 15 is 0 Å². The Bertz CT molecular complexity index is 814. The lowest BCUT2D eigenvalue weighted by molar-refractivity contribution is -0.385. The minimum atomic E-state index is -0.511. The predicted octanol–water partition coefficient (Wildman–Crippen LogP) is 2.79. The van der Waals surface area contributed by atoms with Gasteiger partial charge in [0.15, 0.2) is 0 Å². The molecular weight excluding hydrogens is 322 g/mol. The molecule has 0 aliphatic carbocycles. The van der Waals surface area contributed by atoms with E-state index < -0.39 is 10.8 Å². The second-order valence-corrected chi connectivity index (χ2v) is 5.82. The van der Waals surface area contributed by atoms with E-state index in [1.165, 1.54) is 17.0 Å². The second kappa shape index (κ2) is 7.57. The topological polar surface area (TPSA) is 92.6 Å². The fourth-order valence-corrected chi connectivity index (χ4v) is 2.30. The van der Waals surface area contributed by atoms with Gasteiger partial charge in [-0.15, -0.1) is 0 Å². The molecule has 0 saturated heterocycles. The van der Waals surface area contributed by atoms with E-state index in [-0.39, 0.29) is 23.6 Å². The van der Waals surface area contributed by atoms with Crippen molar-refractivity contribution in [1.82, 2.24) is 4.90 Å². The molecular formula is C18H19N3O4. The maximum Gasteiger partial charge on any atom is 0.273 e. The van der Waals surface area contributed by atoms with E-state index in [1.54, 1.807) is 51.4 Å². The first-order valence-corrected chi connectivity index (χ1v) is 7.64. The van der Waals surface area contributed by atoms with E-state index in [4.69, 9.17) is 0 Å². The Hall–Kier alpha value is -3.22. The molecule has 7 nitrogen and oxygen atoms in total. The Kier molecular flexibility index (Phi) is 5.49. The second-order valence-electron chi connectivity index (χ2n) is 5.82. The lowest BCUT2D eigenvalue weighted by Gasteiger charge is -2.11. The summed E-state index contributed by atoms with van der Waals surface area (Å²) in [6.07, 6.45) is 0.283. The maximum absolute atomic E-state index is 12.4. The SMILES string of the molecule is Cc1c(C(=O)Nc2ccc(CC(=O)N(C)C)cc2)cccc1[N+](=O)[O-]. The van der Waals surface area contributed by atoms with Crippen LogP contribution >= 0.6 is 0 Å². The molecule has 0 aromatic heterocycles. The number of amides is 2. The maximum atomic E-state index is 12.4. The molecule has 1 N–H and O–H groups in total. The summed E-state index contributed by atoms with van der Waals surface area (Å²) in [6.45, 7) is 1.54. The number of nitro groups is 1. The van der Waals surface area contributed by atoms with Gasteiger partial charge in [-0.05, 0) is 30.7 Å². The highest BCUT2D eigenvalue weighted by molar-refractivity contribution is 6.05. The highest BCUT2D eigenvalue weighted by Crippen LogP contribution is 2.22. The van der Waals surface area contributed by atoms with E-state index in [2.05, 4.69) is 5.32 Å². The Morgan fingerprint density at radius 3 is 2.32 bits per heavy atom. The molecule has 0 bridgehead atoms. The monoisotopic (exact) mass is 341 g/mol. The lowest BCUT2D eigenvalue weighted by atomic mass is 10.1. The number of rotatable bonds is 5. The van der Waals surface area contributed by atoms with Gasteiger partial charge in [-0.3, -0.25) is 19.7 Å². The van der Waals surface area contributed by atoms with Crippen LogP contribution in [0.1, 0.15) is 21.5 Å². The first-order chi connectivity index (χ1) is 11.8. The number of hydrogen-bond donors (Lipinski definition) is 1. The normalized spacial score (nSPS) is 10.2. The molecule has 2 rings (SSSR count). The quantitative estimate of drug-likeness (QED) is 0.668. The van der Waals surface area contributed by atoms with Gasteiger partial charge in [0.05, 0.1) is 11.3 Å². The van der Waals surface area contributed by atoms with Crippen molar-refractivity contribution in [3.05, 3.63) is 69.3 Å². The Balaban J connectivity index is 2.12. The van der Waals surface area contributed by atoms with E-state index in [1.807, 2.05) is 0 Å². The number of carbonyl (C=O) groups excluding carboxylic acids is 2. The largest absolute Gasteiger partial charge is 0.349 e. The van der Waals surface area contributed by atoms with Gasteiger partial charge in [-0.1, -0.05) is 18.2 Å². The minimum absolute atomic E-state index is 0.0102. The number of nitrogens with zero attached hydrogens (tertiary/aromatic N) is 2. The van der Waals surface area contributed by atoms with Crippen molar-refractivity contribution in [2.45, 2.75) is 13.3 Å². The number of carbonyl (C=O) groups is 2. The summed E-state index contributed by atoms with van der Waals surface area (Å²) in [6, 6.07) is 11.3. The van der Waals surface area contributed by atoms with E-state index in [0.29, 0.717) is 11.3 Å². The van der Waals surface area contributed by atoms with Crippen LogP contribution in [0.5, 0.6) is 0 Å². The molecule has 0 saturated carbocycles. The van der Waals surface area contributed by atoms with Gasteiger partial charge in [0.25, 0.3) is 11.6 Å². The molecule has 0 aliphatic rings. The zero-order valence-corrected chi connectivity index (χ0v) is 14.3. The molecule has 0 unspecified atom stereocenters. The van der Waals surface area contributed by atoms with Crippen LogP contribution in [-0.2, 0) is 11.2 Å². The van der Waals surface area contributed by atoms with Crippen molar-refractivity contribution in [3.63, 3.8) is 0 Å². The van der Waals surface area contributed by atoms with Gasteiger partial charge in [-0.2, -0.15) is 0 Å². The van der Waals surface area contributed by atoms with Crippen LogP contribution in [0.2, 0.25) is 0 Å². The molecule has 2 aromatic carbocycles. The summed E-state index contributed by atoms with van der Waals surface area (Å²) in [7, 11) is 3.39. The van der Waals surface area contributed by atoms with Gasteiger partial charge in [0, 0.05) is 37.0 Å². The van der Waals surface area contributed by atoms with Crippen molar-refractivity contribution < 1.29 is 14.5 Å². The Labute approximate surface area is 145 Å². The highest BCUT2D eigenvalue weighted by Gasteiger charge is 2.18. The van der Waals surface area contributed by atoms with Crippen molar-refractivity contribution in [1.29, 1.82) is 0 Å². The fourth-order valence-electron chi connectivity index (χ4n) is 2.30. The number of hydrogen-bond acceptors (Lipinski definition) is 4. The molecule has 0 fully saturated rings. The van der Waals surface area contributed by atoms with Gasteiger partial charge in [-0.25, -0.2) is 0 Å². The third-order valence-corrected chi connectivity index (χ3v) is 3.81. The summed E-state index contributed by atoms with van der Waals surface area (Å²) >= 11 is 0. The highest BCUT2D eigenvalue weighted by atomic mass is 16.6. The van der Waals surface area contributed by atoms with Crippen molar-refractivity contribution in [3.8, 4) is 0 Å². The molecule has 7 heteroatoms. The smallest absolute Gasteiger partial charge is 0.273 e. The van der Waals surface area contributed by atoms with Crippen LogP contribution in [0.15, 0.2) is 42.5 Å². The third-order valence-electron chi connectivity index (χ3n) is 3.81. The van der Waals surface area contributed by atoms with Crippen molar-refractivity contribution >= 4 is 23.2 Å². The van der Waals surface area contributed by atoms with Crippen LogP contribution in [0.4, 0.5) is 11.4 Å². The lowest BCUT2D eigenvalue weighted by Crippen LogP contribution is -2.23. The molecule has 0 atom stereocenters.